The van der Waals surface area contributed by atoms with Crippen LogP contribution >= 0.6 is 0 Å². The van der Waals surface area contributed by atoms with Gasteiger partial charge in [0, 0.05) is 23.9 Å². The second kappa shape index (κ2) is 5.98. The molecule has 1 aliphatic carbocycles. The van der Waals surface area contributed by atoms with Crippen molar-refractivity contribution in [2.45, 2.75) is 32.6 Å². The first-order valence-electron chi connectivity index (χ1n) is 9.67. The predicted molar refractivity (Wildman–Crippen MR) is 112 cm³/mol. The minimum atomic E-state index is 0.367. The van der Waals surface area contributed by atoms with Crippen molar-refractivity contribution in [3.63, 3.8) is 0 Å². The Kier molecular flexibility index (Phi) is 3.62. The molecule has 0 amide bonds. The van der Waals surface area contributed by atoms with Crippen LogP contribution in [-0.4, -0.2) is 26.2 Å². The highest BCUT2D eigenvalue weighted by molar-refractivity contribution is 6.08. The van der Waals surface area contributed by atoms with Crippen molar-refractivity contribution in [1.82, 2.24) is 19.1 Å². The van der Waals surface area contributed by atoms with Gasteiger partial charge in [-0.05, 0) is 38.3 Å². The number of pyridine rings is 1. The zero-order chi connectivity index (χ0) is 20.4. The van der Waals surface area contributed by atoms with Gasteiger partial charge in [0.1, 0.15) is 28.7 Å². The molecular formula is C22H22N6O. The van der Waals surface area contributed by atoms with Crippen molar-refractivity contribution >= 4 is 27.9 Å². The maximum Gasteiger partial charge on any atom is 0.162 e. The number of nitrogens with zero attached hydrogens (tertiary/aromatic N) is 5. The van der Waals surface area contributed by atoms with Crippen molar-refractivity contribution in [2.24, 2.45) is 7.05 Å². The molecule has 0 saturated heterocycles. The van der Waals surface area contributed by atoms with Crippen molar-refractivity contribution in [3.05, 3.63) is 40.8 Å². The third-order valence-electron chi connectivity index (χ3n) is 5.92. The van der Waals surface area contributed by atoms with Crippen LogP contribution in [0.4, 0.5) is 5.82 Å². The molecule has 0 spiro atoms. The molecule has 0 bridgehead atoms. The molecule has 2 N–H and O–H groups in total. The Bertz CT molecular complexity index is 1350. The van der Waals surface area contributed by atoms with E-state index in [0.717, 1.165) is 63.2 Å². The highest BCUT2D eigenvalue weighted by Gasteiger charge is 2.33. The van der Waals surface area contributed by atoms with Crippen LogP contribution < -0.4 is 10.5 Å². The van der Waals surface area contributed by atoms with Crippen molar-refractivity contribution in [1.29, 1.82) is 5.26 Å². The zero-order valence-corrected chi connectivity index (χ0v) is 16.9. The summed E-state index contributed by atoms with van der Waals surface area (Å²) in [6.07, 6.45) is 3.93. The zero-order valence-electron chi connectivity index (χ0n) is 16.9. The molecule has 1 saturated carbocycles. The second-order valence-corrected chi connectivity index (χ2v) is 7.79. The van der Waals surface area contributed by atoms with Gasteiger partial charge >= 0.3 is 0 Å². The maximum atomic E-state index is 10.00. The van der Waals surface area contributed by atoms with E-state index in [0.29, 0.717) is 17.3 Å². The molecule has 29 heavy (non-hydrogen) atoms. The number of aromatic nitrogens is 4. The number of hydrogen-bond acceptors (Lipinski definition) is 5. The van der Waals surface area contributed by atoms with Gasteiger partial charge in [-0.15, -0.1) is 0 Å². The molecule has 5 rings (SSSR count). The quantitative estimate of drug-likeness (QED) is 0.577. The normalized spacial score (nSPS) is 13.9. The van der Waals surface area contributed by atoms with Crippen LogP contribution in [-0.2, 0) is 7.05 Å². The molecule has 1 aliphatic rings. The summed E-state index contributed by atoms with van der Waals surface area (Å²) in [5.41, 5.74) is 13.4. The average molecular weight is 386 g/mol. The van der Waals surface area contributed by atoms with Gasteiger partial charge in [-0.2, -0.15) is 5.26 Å². The Morgan fingerprint density at radius 1 is 1.28 bits per heavy atom. The number of aryl methyl sites for hydroxylation is 2. The average Bonchev–Trinajstić information content (AvgIpc) is 3.43. The number of anilines is 1. The molecular weight excluding hydrogens is 364 g/mol. The molecule has 3 aromatic heterocycles. The molecule has 1 fully saturated rings. The Hall–Kier alpha value is -3.53. The van der Waals surface area contributed by atoms with Crippen molar-refractivity contribution < 1.29 is 4.74 Å². The Morgan fingerprint density at radius 2 is 2.03 bits per heavy atom. The van der Waals surface area contributed by atoms with Crippen LogP contribution in [0.1, 0.15) is 41.1 Å². The number of nitrogen functional groups attached to an aromatic ring is 1. The summed E-state index contributed by atoms with van der Waals surface area (Å²) in [4.78, 5) is 9.54. The third kappa shape index (κ3) is 2.29. The molecule has 146 valence electrons. The van der Waals surface area contributed by atoms with Gasteiger partial charge in [0.15, 0.2) is 5.65 Å². The molecule has 0 radical (unpaired) electrons. The van der Waals surface area contributed by atoms with Gasteiger partial charge in [0.05, 0.1) is 30.3 Å². The summed E-state index contributed by atoms with van der Waals surface area (Å²) < 4.78 is 9.46. The number of rotatable bonds is 3. The molecule has 0 unspecified atom stereocenters. The van der Waals surface area contributed by atoms with Crippen LogP contribution in [0.2, 0.25) is 0 Å². The molecule has 3 heterocycles. The first kappa shape index (κ1) is 17.6. The predicted octanol–water partition coefficient (Wildman–Crippen LogP) is 3.87. The SMILES string of the molecule is COc1ccc(C)c(-n2c(N)c(C#N)c3c(C4CC4)nc4c(ncn4C)c32)c1C. The fourth-order valence-electron chi connectivity index (χ4n) is 4.34. The lowest BCUT2D eigenvalue weighted by Crippen LogP contribution is -2.06. The van der Waals surface area contributed by atoms with Crippen molar-refractivity contribution in [3.8, 4) is 17.5 Å². The summed E-state index contributed by atoms with van der Waals surface area (Å²) in [5.74, 6) is 1.56. The van der Waals surface area contributed by atoms with Gasteiger partial charge in [-0.3, -0.25) is 4.57 Å². The van der Waals surface area contributed by atoms with Crippen LogP contribution in [0.5, 0.6) is 5.75 Å². The smallest absolute Gasteiger partial charge is 0.162 e. The fraction of sp³-hybridized carbons (Fsp3) is 0.318. The Labute approximate surface area is 168 Å². The minimum absolute atomic E-state index is 0.367. The van der Waals surface area contributed by atoms with Gasteiger partial charge < -0.3 is 15.0 Å². The minimum Gasteiger partial charge on any atom is -0.496 e. The summed E-state index contributed by atoms with van der Waals surface area (Å²) in [5, 5.41) is 10.8. The summed E-state index contributed by atoms with van der Waals surface area (Å²) in [7, 11) is 3.60. The highest BCUT2D eigenvalue weighted by atomic mass is 16.5. The number of ether oxygens (including phenoxy) is 1. The van der Waals surface area contributed by atoms with E-state index in [4.69, 9.17) is 15.5 Å². The van der Waals surface area contributed by atoms with Gasteiger partial charge in [-0.1, -0.05) is 6.07 Å². The number of methoxy groups -OCH3 is 1. The van der Waals surface area contributed by atoms with Crippen LogP contribution in [0.3, 0.4) is 0 Å². The third-order valence-corrected chi connectivity index (χ3v) is 5.92. The number of nitrogens with two attached hydrogens (primary N) is 1. The summed E-state index contributed by atoms with van der Waals surface area (Å²) in [6.45, 7) is 4.05. The lowest BCUT2D eigenvalue weighted by Gasteiger charge is -2.17. The topological polar surface area (TPSA) is 94.7 Å². The Morgan fingerprint density at radius 3 is 2.69 bits per heavy atom. The van der Waals surface area contributed by atoms with E-state index >= 15 is 0 Å². The van der Waals surface area contributed by atoms with Crippen LogP contribution in [0, 0.1) is 25.2 Å². The largest absolute Gasteiger partial charge is 0.496 e. The molecule has 7 nitrogen and oxygen atoms in total. The fourth-order valence-corrected chi connectivity index (χ4v) is 4.34. The van der Waals surface area contributed by atoms with E-state index in [-0.39, 0.29) is 0 Å². The molecule has 1 aromatic carbocycles. The lowest BCUT2D eigenvalue weighted by atomic mass is 10.1. The molecule has 7 heteroatoms. The first-order valence-corrected chi connectivity index (χ1v) is 9.67. The number of nitriles is 1. The number of benzene rings is 1. The summed E-state index contributed by atoms with van der Waals surface area (Å²) in [6, 6.07) is 6.30. The van der Waals surface area contributed by atoms with E-state index in [2.05, 4.69) is 11.1 Å². The molecule has 4 aromatic rings. The summed E-state index contributed by atoms with van der Waals surface area (Å²) >= 11 is 0. The van der Waals surface area contributed by atoms with Gasteiger partial charge in [-0.25, -0.2) is 9.97 Å². The van der Waals surface area contributed by atoms with Gasteiger partial charge in [0.25, 0.3) is 0 Å². The first-order chi connectivity index (χ1) is 14.0. The van der Waals surface area contributed by atoms with E-state index in [9.17, 15) is 5.26 Å². The highest BCUT2D eigenvalue weighted by Crippen LogP contribution is 2.47. The van der Waals surface area contributed by atoms with Crippen LogP contribution in [0.15, 0.2) is 18.5 Å². The number of imidazole rings is 1. The number of hydrogen-bond donors (Lipinski definition) is 1. The monoisotopic (exact) mass is 386 g/mol. The van der Waals surface area contributed by atoms with E-state index in [1.165, 1.54) is 0 Å². The van der Waals surface area contributed by atoms with E-state index in [1.54, 1.807) is 13.4 Å². The molecule has 0 aliphatic heterocycles. The maximum absolute atomic E-state index is 10.00. The molecule has 0 atom stereocenters. The van der Waals surface area contributed by atoms with Crippen LogP contribution in [0.25, 0.3) is 27.8 Å². The second-order valence-electron chi connectivity index (χ2n) is 7.79. The van der Waals surface area contributed by atoms with E-state index in [1.807, 2.05) is 42.2 Å². The standard InChI is InChI=1S/C22H22N6O/c1-11-5-8-15(29-4)12(2)19(11)28-20-16(14(9-23)21(28)24)17(13-6-7-13)26-22-18(20)25-10-27(22)3/h5,8,10,13H,6-7,24H2,1-4H3. The van der Waals surface area contributed by atoms with Gasteiger partial charge in [0.2, 0.25) is 0 Å². The Balaban J connectivity index is 2.04. The van der Waals surface area contributed by atoms with Crippen molar-refractivity contribution in [2.75, 3.05) is 12.8 Å². The lowest BCUT2D eigenvalue weighted by molar-refractivity contribution is 0.411. The number of fused-ring (bicyclic) bond motifs is 3. The van der Waals surface area contributed by atoms with E-state index < -0.39 is 0 Å².